The van der Waals surface area contributed by atoms with Crippen LogP contribution in [0.3, 0.4) is 0 Å². The third-order valence-electron chi connectivity index (χ3n) is 1.96. The number of nitriles is 1. The Morgan fingerprint density at radius 3 is 2.63 bits per heavy atom. The van der Waals surface area contributed by atoms with Gasteiger partial charge >= 0.3 is 5.97 Å². The molecule has 0 unspecified atom stereocenters. The predicted octanol–water partition coefficient (Wildman–Crippen LogP) is 0.890. The summed E-state index contributed by atoms with van der Waals surface area (Å²) >= 11 is 0. The highest BCUT2D eigenvalue weighted by molar-refractivity contribution is 6.45. The summed E-state index contributed by atoms with van der Waals surface area (Å²) in [5, 5.41) is 27.6. The lowest BCUT2D eigenvalue weighted by molar-refractivity contribution is 0.0692. The van der Waals surface area contributed by atoms with Gasteiger partial charge in [0.2, 0.25) is 5.71 Å². The average Bonchev–Trinajstić information content (AvgIpc) is 2.33. The van der Waals surface area contributed by atoms with E-state index in [-0.39, 0.29) is 5.69 Å². The summed E-state index contributed by atoms with van der Waals surface area (Å²) in [7, 11) is 0. The van der Waals surface area contributed by atoms with Crippen LogP contribution in [-0.4, -0.2) is 22.6 Å². The molecule has 0 saturated carbocycles. The largest absolute Gasteiger partial charge is 0.478 e. The van der Waals surface area contributed by atoms with Crippen molar-refractivity contribution in [1.29, 1.82) is 10.7 Å². The van der Waals surface area contributed by atoms with Crippen LogP contribution in [0.4, 0.5) is 14.5 Å². The summed E-state index contributed by atoms with van der Waals surface area (Å²) in [6, 6.07) is 3.09. The average molecular weight is 267 g/mol. The Morgan fingerprint density at radius 2 is 2.16 bits per heavy atom. The zero-order chi connectivity index (χ0) is 14.6. The van der Waals surface area contributed by atoms with Gasteiger partial charge in [0, 0.05) is 0 Å². The first-order valence-electron chi connectivity index (χ1n) is 4.68. The second kappa shape index (κ2) is 5.54. The first-order chi connectivity index (χ1) is 8.88. The van der Waals surface area contributed by atoms with Crippen molar-refractivity contribution in [2.45, 2.75) is 0 Å². The Morgan fingerprint density at radius 1 is 1.53 bits per heavy atom. The zero-order valence-corrected chi connectivity index (χ0v) is 9.24. The van der Waals surface area contributed by atoms with Crippen LogP contribution in [-0.2, 0) is 0 Å². The van der Waals surface area contributed by atoms with E-state index in [2.05, 4.69) is 10.5 Å². The van der Waals surface area contributed by atoms with Gasteiger partial charge in [-0.25, -0.2) is 13.6 Å². The Labute approximate surface area is 105 Å². The van der Waals surface area contributed by atoms with Gasteiger partial charge in [0.1, 0.15) is 11.6 Å². The molecule has 0 saturated heterocycles. The summed E-state index contributed by atoms with van der Waals surface area (Å²) < 4.78 is 26.2. The molecule has 19 heavy (non-hydrogen) atoms. The number of nitrogens with zero attached hydrogens (tertiary/aromatic N) is 2. The fraction of sp³-hybridized carbons (Fsp3) is 0. The minimum atomic E-state index is -1.71. The van der Waals surface area contributed by atoms with Crippen molar-refractivity contribution in [2.24, 2.45) is 10.8 Å². The standard InChI is InChI=1S/C10H7F2N5O2/c11-4-1-2-5(7(8(4)12)10(18)19)16-17-6(3-13)9(14)15/h1-2,16H,(H3,14,15)(H,18,19)/b17-6+. The number of hydrogen-bond acceptors (Lipinski definition) is 5. The third kappa shape index (κ3) is 3.01. The summed E-state index contributed by atoms with van der Waals surface area (Å²) in [5.41, 5.74) is 5.19. The van der Waals surface area contributed by atoms with E-state index in [0.717, 1.165) is 6.07 Å². The molecule has 9 heteroatoms. The summed E-state index contributed by atoms with van der Waals surface area (Å²) in [6.45, 7) is 0. The summed E-state index contributed by atoms with van der Waals surface area (Å²) in [5.74, 6) is -5.27. The van der Waals surface area contributed by atoms with Gasteiger partial charge in [-0.15, -0.1) is 0 Å². The van der Waals surface area contributed by atoms with Crippen LogP contribution in [0.15, 0.2) is 17.2 Å². The molecule has 0 aliphatic rings. The Balaban J connectivity index is 3.23. The van der Waals surface area contributed by atoms with Crippen molar-refractivity contribution < 1.29 is 18.7 Å². The number of amidine groups is 1. The number of carbonyl (C=O) groups is 1. The molecule has 0 aromatic heterocycles. The van der Waals surface area contributed by atoms with Crippen LogP contribution in [0.5, 0.6) is 0 Å². The monoisotopic (exact) mass is 267 g/mol. The van der Waals surface area contributed by atoms with Crippen molar-refractivity contribution in [1.82, 2.24) is 0 Å². The van der Waals surface area contributed by atoms with Crippen LogP contribution in [0.1, 0.15) is 10.4 Å². The quantitative estimate of drug-likeness (QED) is 0.365. The first-order valence-corrected chi connectivity index (χ1v) is 4.68. The van der Waals surface area contributed by atoms with Crippen molar-refractivity contribution in [3.8, 4) is 6.07 Å². The smallest absolute Gasteiger partial charge is 0.341 e. The molecule has 98 valence electrons. The van der Waals surface area contributed by atoms with E-state index in [9.17, 15) is 13.6 Å². The molecule has 0 radical (unpaired) electrons. The van der Waals surface area contributed by atoms with Crippen LogP contribution >= 0.6 is 0 Å². The van der Waals surface area contributed by atoms with Crippen LogP contribution in [0.2, 0.25) is 0 Å². The molecule has 0 bridgehead atoms. The zero-order valence-electron chi connectivity index (χ0n) is 9.24. The van der Waals surface area contributed by atoms with Crippen molar-refractivity contribution in [3.63, 3.8) is 0 Å². The maximum atomic E-state index is 13.3. The van der Waals surface area contributed by atoms with Gasteiger partial charge in [-0.05, 0) is 12.1 Å². The number of carboxylic acid groups (broad SMARTS) is 1. The molecule has 1 rings (SSSR count). The molecule has 1 aromatic rings. The van der Waals surface area contributed by atoms with E-state index < -0.39 is 34.7 Å². The van der Waals surface area contributed by atoms with E-state index >= 15 is 0 Å². The Bertz CT molecular complexity index is 621. The highest BCUT2D eigenvalue weighted by Gasteiger charge is 2.19. The number of rotatable bonds is 4. The molecule has 0 aliphatic heterocycles. The van der Waals surface area contributed by atoms with Gasteiger partial charge < -0.3 is 10.8 Å². The van der Waals surface area contributed by atoms with Gasteiger partial charge in [-0.3, -0.25) is 10.8 Å². The van der Waals surface area contributed by atoms with Gasteiger partial charge in [0.25, 0.3) is 0 Å². The van der Waals surface area contributed by atoms with E-state index in [4.69, 9.17) is 21.5 Å². The molecule has 7 nitrogen and oxygen atoms in total. The van der Waals surface area contributed by atoms with Crippen LogP contribution < -0.4 is 11.2 Å². The second-order valence-corrected chi connectivity index (χ2v) is 3.19. The van der Waals surface area contributed by atoms with Crippen LogP contribution in [0.25, 0.3) is 0 Å². The van der Waals surface area contributed by atoms with E-state index in [1.54, 1.807) is 0 Å². The number of hydrogen-bond donors (Lipinski definition) is 4. The summed E-state index contributed by atoms with van der Waals surface area (Å²) in [6.07, 6.45) is 0. The Hall–Kier alpha value is -3.02. The highest BCUT2D eigenvalue weighted by atomic mass is 19.2. The van der Waals surface area contributed by atoms with Crippen molar-refractivity contribution >= 4 is 23.2 Å². The number of hydrazone groups is 1. The number of anilines is 1. The number of benzene rings is 1. The molecule has 0 heterocycles. The second-order valence-electron chi connectivity index (χ2n) is 3.19. The lowest BCUT2D eigenvalue weighted by Gasteiger charge is -2.07. The molecule has 0 atom stereocenters. The normalized spacial score (nSPS) is 10.7. The number of nitrogens with one attached hydrogen (secondary N) is 2. The van der Waals surface area contributed by atoms with E-state index in [0.29, 0.717) is 6.07 Å². The van der Waals surface area contributed by atoms with E-state index in [1.807, 2.05) is 0 Å². The highest BCUT2D eigenvalue weighted by Crippen LogP contribution is 2.21. The Kier molecular flexibility index (Phi) is 4.10. The molecule has 5 N–H and O–H groups in total. The fourth-order valence-corrected chi connectivity index (χ4v) is 1.11. The van der Waals surface area contributed by atoms with Crippen molar-refractivity contribution in [2.75, 3.05) is 5.43 Å². The molecular weight excluding hydrogens is 260 g/mol. The SMILES string of the molecule is N#C/C(=N\Nc1ccc(F)c(F)c1C(=O)O)C(=N)N. The third-order valence-corrected chi connectivity index (χ3v) is 1.96. The van der Waals surface area contributed by atoms with Gasteiger partial charge in [0.15, 0.2) is 17.5 Å². The minimum absolute atomic E-state index is 0.375. The molecule has 0 amide bonds. The molecule has 0 spiro atoms. The lowest BCUT2D eigenvalue weighted by atomic mass is 10.1. The predicted molar refractivity (Wildman–Crippen MR) is 61.9 cm³/mol. The molecule has 1 aromatic carbocycles. The van der Waals surface area contributed by atoms with Crippen LogP contribution in [0, 0.1) is 28.4 Å². The molecular formula is C10H7F2N5O2. The van der Waals surface area contributed by atoms with Gasteiger partial charge in [0.05, 0.1) is 5.69 Å². The lowest BCUT2D eigenvalue weighted by Crippen LogP contribution is -2.22. The molecule has 0 aliphatic carbocycles. The minimum Gasteiger partial charge on any atom is -0.478 e. The maximum absolute atomic E-state index is 13.3. The number of aromatic carboxylic acids is 1. The molecule has 0 fully saturated rings. The number of nitrogens with two attached hydrogens (primary N) is 1. The fourth-order valence-electron chi connectivity index (χ4n) is 1.11. The summed E-state index contributed by atoms with van der Waals surface area (Å²) in [4.78, 5) is 10.8. The van der Waals surface area contributed by atoms with Gasteiger partial charge in [-0.2, -0.15) is 10.4 Å². The van der Waals surface area contributed by atoms with E-state index in [1.165, 1.54) is 6.07 Å². The maximum Gasteiger partial charge on any atom is 0.341 e. The van der Waals surface area contributed by atoms with Crippen molar-refractivity contribution in [3.05, 3.63) is 29.3 Å². The first kappa shape index (κ1) is 14.0. The van der Waals surface area contributed by atoms with Gasteiger partial charge in [-0.1, -0.05) is 0 Å². The number of carboxylic acids is 1. The topological polar surface area (TPSA) is 135 Å². The number of halogens is 2.